The monoisotopic (exact) mass is 234 g/mol. The lowest BCUT2D eigenvalue weighted by atomic mass is 10.1. The summed E-state index contributed by atoms with van der Waals surface area (Å²) in [6.45, 7) is 3.70. The topological polar surface area (TPSA) is 34.1 Å². The molecule has 2 atom stereocenters. The van der Waals surface area contributed by atoms with E-state index in [4.69, 9.17) is 4.74 Å². The lowest BCUT2D eigenvalue weighted by Crippen LogP contribution is -2.41. The molecule has 1 aliphatic rings. The van der Waals surface area contributed by atoms with Crippen LogP contribution in [-0.2, 0) is 4.74 Å². The highest BCUT2D eigenvalue weighted by atomic mass is 32.1. The van der Waals surface area contributed by atoms with Crippen molar-refractivity contribution < 1.29 is 4.74 Å². The predicted octanol–water partition coefficient (Wildman–Crippen LogP) is 2.35. The van der Waals surface area contributed by atoms with E-state index in [9.17, 15) is 0 Å². The number of aromatic nitrogens is 1. The van der Waals surface area contributed by atoms with E-state index >= 15 is 0 Å². The second kappa shape index (κ2) is 4.13. The molecule has 3 nitrogen and oxygen atoms in total. The third-order valence-corrected chi connectivity index (χ3v) is 3.70. The number of nitrogens with one attached hydrogen (secondary N) is 1. The molecule has 84 valence electrons. The number of ether oxygens (including phenoxy) is 1. The molecule has 1 N–H and O–H groups in total. The van der Waals surface area contributed by atoms with Crippen LogP contribution < -0.4 is 5.32 Å². The Balaban J connectivity index is 1.92. The molecule has 2 aromatic rings. The maximum Gasteiger partial charge on any atom is 0.0815 e. The van der Waals surface area contributed by atoms with Crippen molar-refractivity contribution in [1.82, 2.24) is 10.3 Å². The molecule has 16 heavy (non-hydrogen) atoms. The number of fused-ring (bicyclic) bond motifs is 1. The van der Waals surface area contributed by atoms with Gasteiger partial charge in [0.1, 0.15) is 0 Å². The molecular formula is C12H14N2OS. The molecule has 1 aromatic heterocycles. The molecule has 0 saturated carbocycles. The molecule has 1 aromatic carbocycles. The zero-order valence-corrected chi connectivity index (χ0v) is 9.96. The Kier molecular flexibility index (Phi) is 2.63. The first-order valence-corrected chi connectivity index (χ1v) is 6.38. The van der Waals surface area contributed by atoms with Crippen LogP contribution in [0.3, 0.4) is 0 Å². The zero-order chi connectivity index (χ0) is 11.0. The summed E-state index contributed by atoms with van der Waals surface area (Å²) >= 11 is 1.68. The second-order valence-electron chi connectivity index (χ2n) is 4.24. The fourth-order valence-corrected chi connectivity index (χ4v) is 2.75. The average Bonchev–Trinajstić information content (AvgIpc) is 2.75. The number of rotatable bonds is 1. The van der Waals surface area contributed by atoms with E-state index in [0.29, 0.717) is 12.1 Å². The Labute approximate surface area is 98.5 Å². The van der Waals surface area contributed by atoms with Crippen LogP contribution in [0.15, 0.2) is 23.7 Å². The van der Waals surface area contributed by atoms with Gasteiger partial charge in [-0.05, 0) is 24.6 Å². The highest BCUT2D eigenvalue weighted by Crippen LogP contribution is 2.24. The molecule has 1 saturated heterocycles. The van der Waals surface area contributed by atoms with Gasteiger partial charge >= 0.3 is 0 Å². The predicted molar refractivity (Wildman–Crippen MR) is 65.8 cm³/mol. The van der Waals surface area contributed by atoms with Crippen molar-refractivity contribution in [3.63, 3.8) is 0 Å². The minimum Gasteiger partial charge on any atom is -0.378 e. The van der Waals surface area contributed by atoms with Crippen LogP contribution in [0.5, 0.6) is 0 Å². The molecule has 0 aliphatic carbocycles. The van der Waals surface area contributed by atoms with E-state index in [1.807, 2.05) is 5.51 Å². The molecule has 0 amide bonds. The molecule has 0 spiro atoms. The quantitative estimate of drug-likeness (QED) is 0.822. The Morgan fingerprint density at radius 3 is 3.25 bits per heavy atom. The van der Waals surface area contributed by atoms with Crippen LogP contribution in [-0.4, -0.2) is 24.2 Å². The van der Waals surface area contributed by atoms with E-state index in [1.165, 1.54) is 10.3 Å². The number of nitrogens with zero attached hydrogens (tertiary/aromatic N) is 1. The van der Waals surface area contributed by atoms with E-state index in [1.54, 1.807) is 11.3 Å². The van der Waals surface area contributed by atoms with Gasteiger partial charge in [0, 0.05) is 6.04 Å². The van der Waals surface area contributed by atoms with Crippen molar-refractivity contribution in [2.75, 3.05) is 13.2 Å². The van der Waals surface area contributed by atoms with Crippen molar-refractivity contribution >= 4 is 21.6 Å². The standard InChI is InChI=1S/C12H14N2OS/c1-8-5-15-6-11(14-8)9-2-3-12-10(4-9)13-7-16-12/h2-4,7-8,11,14H,5-6H2,1H3/t8-,11-/m0/s1. The van der Waals surface area contributed by atoms with Gasteiger partial charge in [-0.3, -0.25) is 0 Å². The fourth-order valence-electron chi connectivity index (χ4n) is 2.09. The second-order valence-corrected chi connectivity index (χ2v) is 5.12. The maximum atomic E-state index is 5.56. The fraction of sp³-hybridized carbons (Fsp3) is 0.417. The van der Waals surface area contributed by atoms with Crippen LogP contribution >= 0.6 is 11.3 Å². The molecule has 2 heterocycles. The molecule has 0 unspecified atom stereocenters. The Bertz CT molecular complexity index is 496. The minimum absolute atomic E-state index is 0.301. The summed E-state index contributed by atoms with van der Waals surface area (Å²) in [7, 11) is 0. The van der Waals surface area contributed by atoms with Crippen molar-refractivity contribution in [2.45, 2.75) is 19.0 Å². The van der Waals surface area contributed by atoms with Crippen LogP contribution in [0.4, 0.5) is 0 Å². The molecule has 1 fully saturated rings. The lowest BCUT2D eigenvalue weighted by molar-refractivity contribution is 0.0504. The summed E-state index contributed by atoms with van der Waals surface area (Å²) in [6.07, 6.45) is 0. The summed E-state index contributed by atoms with van der Waals surface area (Å²) in [5.74, 6) is 0. The van der Waals surface area contributed by atoms with Crippen molar-refractivity contribution in [3.05, 3.63) is 29.3 Å². The van der Waals surface area contributed by atoms with E-state index < -0.39 is 0 Å². The third-order valence-electron chi connectivity index (χ3n) is 2.89. The molecule has 0 radical (unpaired) electrons. The summed E-state index contributed by atoms with van der Waals surface area (Å²) in [5, 5.41) is 3.54. The van der Waals surface area contributed by atoms with Crippen LogP contribution in [0.1, 0.15) is 18.5 Å². The first-order valence-electron chi connectivity index (χ1n) is 5.50. The Morgan fingerprint density at radius 2 is 2.38 bits per heavy atom. The first kappa shape index (κ1) is 10.2. The van der Waals surface area contributed by atoms with Gasteiger partial charge in [-0.15, -0.1) is 11.3 Å². The highest BCUT2D eigenvalue weighted by molar-refractivity contribution is 7.16. The van der Waals surface area contributed by atoms with E-state index in [-0.39, 0.29) is 0 Å². The van der Waals surface area contributed by atoms with Gasteiger partial charge in [0.05, 0.1) is 35.0 Å². The van der Waals surface area contributed by atoms with Crippen LogP contribution in [0.25, 0.3) is 10.2 Å². The Hall–Kier alpha value is -0.970. The van der Waals surface area contributed by atoms with E-state index in [2.05, 4.69) is 35.4 Å². The van der Waals surface area contributed by atoms with Gasteiger partial charge in [0.25, 0.3) is 0 Å². The number of hydrogen-bond acceptors (Lipinski definition) is 4. The summed E-state index contributed by atoms with van der Waals surface area (Å²) in [5.41, 5.74) is 4.24. The van der Waals surface area contributed by atoms with Gasteiger partial charge in [0.15, 0.2) is 0 Å². The SMILES string of the molecule is C[C@H]1COC[C@@H](c2ccc3scnc3c2)N1. The summed E-state index contributed by atoms with van der Waals surface area (Å²) in [4.78, 5) is 4.34. The number of thiazole rings is 1. The number of hydrogen-bond donors (Lipinski definition) is 1. The first-order chi connectivity index (χ1) is 7.83. The summed E-state index contributed by atoms with van der Waals surface area (Å²) < 4.78 is 6.81. The molecular weight excluding hydrogens is 220 g/mol. The van der Waals surface area contributed by atoms with Crippen molar-refractivity contribution in [2.24, 2.45) is 0 Å². The lowest BCUT2D eigenvalue weighted by Gasteiger charge is -2.29. The molecule has 4 heteroatoms. The van der Waals surface area contributed by atoms with Crippen LogP contribution in [0.2, 0.25) is 0 Å². The van der Waals surface area contributed by atoms with Gasteiger partial charge in [-0.1, -0.05) is 6.07 Å². The van der Waals surface area contributed by atoms with Crippen molar-refractivity contribution in [1.29, 1.82) is 0 Å². The van der Waals surface area contributed by atoms with Gasteiger partial charge in [-0.25, -0.2) is 4.98 Å². The number of morpholine rings is 1. The van der Waals surface area contributed by atoms with E-state index in [0.717, 1.165) is 18.7 Å². The smallest absolute Gasteiger partial charge is 0.0815 e. The van der Waals surface area contributed by atoms with Gasteiger partial charge in [0.2, 0.25) is 0 Å². The van der Waals surface area contributed by atoms with Gasteiger partial charge < -0.3 is 10.1 Å². The largest absolute Gasteiger partial charge is 0.378 e. The molecule has 3 rings (SSSR count). The third kappa shape index (κ3) is 1.84. The minimum atomic E-state index is 0.301. The highest BCUT2D eigenvalue weighted by Gasteiger charge is 2.20. The molecule has 1 aliphatic heterocycles. The number of benzene rings is 1. The summed E-state index contributed by atoms with van der Waals surface area (Å²) in [6, 6.07) is 7.19. The normalized spacial score (nSPS) is 26.1. The van der Waals surface area contributed by atoms with Crippen molar-refractivity contribution in [3.8, 4) is 0 Å². The maximum absolute atomic E-state index is 5.56. The van der Waals surface area contributed by atoms with Crippen LogP contribution in [0, 0.1) is 0 Å². The molecule has 0 bridgehead atoms. The van der Waals surface area contributed by atoms with Gasteiger partial charge in [-0.2, -0.15) is 0 Å². The zero-order valence-electron chi connectivity index (χ0n) is 9.14. The average molecular weight is 234 g/mol. The Morgan fingerprint density at radius 1 is 1.44 bits per heavy atom.